The molecule has 20 heavy (non-hydrogen) atoms. The van der Waals surface area contributed by atoms with E-state index in [4.69, 9.17) is 16.7 Å². The number of hydrogen-bond acceptors (Lipinski definition) is 3. The minimum absolute atomic E-state index is 0.131. The molecule has 4 nitrogen and oxygen atoms in total. The number of halogens is 1. The molecule has 0 unspecified atom stereocenters. The highest BCUT2D eigenvalue weighted by Gasteiger charge is 2.23. The number of rotatable bonds is 9. The standard InChI is InChI=1S/C14H22ClNO3S/c1-2-3-10-16(11-12-17)20(18,19)14-6-4-13(5-7-14)8-9-15/h4-7,17H,2-3,8-12H2,1H3. The van der Waals surface area contributed by atoms with Crippen LogP contribution in [0.25, 0.3) is 0 Å². The van der Waals surface area contributed by atoms with Crippen LogP contribution in [-0.4, -0.2) is 43.4 Å². The van der Waals surface area contributed by atoms with Crippen LogP contribution < -0.4 is 0 Å². The largest absolute Gasteiger partial charge is 0.395 e. The van der Waals surface area contributed by atoms with Crippen LogP contribution in [-0.2, 0) is 16.4 Å². The van der Waals surface area contributed by atoms with Crippen molar-refractivity contribution in [3.63, 3.8) is 0 Å². The van der Waals surface area contributed by atoms with E-state index >= 15 is 0 Å². The van der Waals surface area contributed by atoms with E-state index in [9.17, 15) is 8.42 Å². The molecule has 0 amide bonds. The van der Waals surface area contributed by atoms with Crippen LogP contribution in [0.1, 0.15) is 25.3 Å². The van der Waals surface area contributed by atoms with Crippen molar-refractivity contribution in [1.29, 1.82) is 0 Å². The molecule has 0 bridgehead atoms. The molecule has 0 saturated heterocycles. The Hall–Kier alpha value is -0.620. The molecule has 0 aliphatic carbocycles. The summed E-state index contributed by atoms with van der Waals surface area (Å²) in [5.41, 5.74) is 1.02. The maximum Gasteiger partial charge on any atom is 0.243 e. The first-order chi connectivity index (χ1) is 9.56. The number of aliphatic hydroxyl groups is 1. The number of aliphatic hydroxyl groups excluding tert-OH is 1. The quantitative estimate of drug-likeness (QED) is 0.710. The molecule has 1 aromatic carbocycles. The van der Waals surface area contributed by atoms with Gasteiger partial charge in [0.2, 0.25) is 10.0 Å². The van der Waals surface area contributed by atoms with Crippen molar-refractivity contribution >= 4 is 21.6 Å². The van der Waals surface area contributed by atoms with Crippen molar-refractivity contribution in [1.82, 2.24) is 4.31 Å². The third-order valence-electron chi connectivity index (χ3n) is 3.05. The van der Waals surface area contributed by atoms with E-state index in [0.29, 0.717) is 12.4 Å². The fourth-order valence-electron chi connectivity index (χ4n) is 1.88. The number of unbranched alkanes of at least 4 members (excludes halogenated alkanes) is 1. The number of hydrogen-bond donors (Lipinski definition) is 1. The van der Waals surface area contributed by atoms with E-state index in [2.05, 4.69) is 0 Å². The van der Waals surface area contributed by atoms with Crippen LogP contribution in [0.2, 0.25) is 0 Å². The van der Waals surface area contributed by atoms with Gasteiger partial charge in [0.05, 0.1) is 11.5 Å². The Morgan fingerprint density at radius 3 is 2.35 bits per heavy atom. The predicted octanol–water partition coefficient (Wildman–Crippen LogP) is 2.25. The summed E-state index contributed by atoms with van der Waals surface area (Å²) >= 11 is 5.66. The molecule has 1 aromatic rings. The SMILES string of the molecule is CCCCN(CCO)S(=O)(=O)c1ccc(CCCl)cc1. The lowest BCUT2D eigenvalue weighted by Crippen LogP contribution is -2.34. The molecular formula is C14H22ClNO3S. The second-order valence-electron chi connectivity index (χ2n) is 4.56. The summed E-state index contributed by atoms with van der Waals surface area (Å²) in [5.74, 6) is 0.513. The fraction of sp³-hybridized carbons (Fsp3) is 0.571. The van der Waals surface area contributed by atoms with Gasteiger partial charge in [-0.25, -0.2) is 8.42 Å². The van der Waals surface area contributed by atoms with Crippen LogP contribution in [0.3, 0.4) is 0 Å². The Kier molecular flexibility index (Phi) is 7.51. The van der Waals surface area contributed by atoms with Gasteiger partial charge in [-0.15, -0.1) is 11.6 Å². The Morgan fingerprint density at radius 1 is 1.20 bits per heavy atom. The summed E-state index contributed by atoms with van der Waals surface area (Å²) in [6.07, 6.45) is 2.41. The summed E-state index contributed by atoms with van der Waals surface area (Å²) in [5, 5.41) is 9.04. The first kappa shape index (κ1) is 17.4. The average molecular weight is 320 g/mol. The predicted molar refractivity (Wildman–Crippen MR) is 81.6 cm³/mol. The van der Waals surface area contributed by atoms with Gasteiger partial charge >= 0.3 is 0 Å². The van der Waals surface area contributed by atoms with Gasteiger partial charge < -0.3 is 5.11 Å². The molecule has 0 heterocycles. The minimum Gasteiger partial charge on any atom is -0.395 e. The van der Waals surface area contributed by atoms with Gasteiger partial charge in [-0.05, 0) is 30.5 Å². The number of benzene rings is 1. The maximum absolute atomic E-state index is 12.5. The second-order valence-corrected chi connectivity index (χ2v) is 6.88. The summed E-state index contributed by atoms with van der Waals surface area (Å²) in [6.45, 7) is 2.40. The van der Waals surface area contributed by atoms with Gasteiger partial charge in [0, 0.05) is 19.0 Å². The number of sulfonamides is 1. The van der Waals surface area contributed by atoms with Crippen molar-refractivity contribution in [2.24, 2.45) is 0 Å². The number of alkyl halides is 1. The van der Waals surface area contributed by atoms with Gasteiger partial charge in [-0.1, -0.05) is 25.5 Å². The van der Waals surface area contributed by atoms with Crippen molar-refractivity contribution in [2.45, 2.75) is 31.1 Å². The molecule has 6 heteroatoms. The van der Waals surface area contributed by atoms with E-state index in [1.165, 1.54) is 4.31 Å². The molecule has 0 atom stereocenters. The second kappa shape index (κ2) is 8.62. The fourth-order valence-corrected chi connectivity index (χ4v) is 3.57. The Morgan fingerprint density at radius 2 is 1.85 bits per heavy atom. The summed E-state index contributed by atoms with van der Waals surface area (Å²) in [6, 6.07) is 6.78. The molecule has 0 aliphatic heterocycles. The first-order valence-corrected chi connectivity index (χ1v) is 8.79. The maximum atomic E-state index is 12.5. The van der Waals surface area contributed by atoms with Crippen molar-refractivity contribution in [3.8, 4) is 0 Å². The molecule has 1 N–H and O–H groups in total. The summed E-state index contributed by atoms with van der Waals surface area (Å²) in [7, 11) is -3.53. The Bertz CT molecular complexity index is 488. The highest BCUT2D eigenvalue weighted by Crippen LogP contribution is 2.17. The lowest BCUT2D eigenvalue weighted by Gasteiger charge is -2.21. The van der Waals surface area contributed by atoms with Crippen LogP contribution in [0.15, 0.2) is 29.2 Å². The van der Waals surface area contributed by atoms with E-state index in [1.807, 2.05) is 6.92 Å². The molecule has 114 valence electrons. The average Bonchev–Trinajstić information content (AvgIpc) is 2.44. The van der Waals surface area contributed by atoms with Gasteiger partial charge in [-0.2, -0.15) is 4.31 Å². The zero-order valence-corrected chi connectivity index (χ0v) is 13.3. The third-order valence-corrected chi connectivity index (χ3v) is 5.16. The Labute approximate surface area is 126 Å². The van der Waals surface area contributed by atoms with Crippen molar-refractivity contribution in [2.75, 3.05) is 25.6 Å². The molecular weight excluding hydrogens is 298 g/mol. The molecule has 1 rings (SSSR count). The lowest BCUT2D eigenvalue weighted by molar-refractivity contribution is 0.252. The van der Waals surface area contributed by atoms with Crippen LogP contribution in [0, 0.1) is 0 Å². The summed E-state index contributed by atoms with van der Waals surface area (Å²) < 4.78 is 26.3. The first-order valence-electron chi connectivity index (χ1n) is 6.82. The van der Waals surface area contributed by atoms with E-state index in [0.717, 1.165) is 24.8 Å². The van der Waals surface area contributed by atoms with Crippen LogP contribution in [0.5, 0.6) is 0 Å². The zero-order chi connectivity index (χ0) is 15.0. The zero-order valence-electron chi connectivity index (χ0n) is 11.8. The number of aryl methyl sites for hydroxylation is 1. The van der Waals surface area contributed by atoms with Gasteiger partial charge in [0.1, 0.15) is 0 Å². The minimum atomic E-state index is -3.53. The number of nitrogens with zero attached hydrogens (tertiary/aromatic N) is 1. The van der Waals surface area contributed by atoms with Gasteiger partial charge in [-0.3, -0.25) is 0 Å². The van der Waals surface area contributed by atoms with Gasteiger partial charge in [0.25, 0.3) is 0 Å². The Balaban J connectivity index is 2.93. The van der Waals surface area contributed by atoms with Crippen LogP contribution >= 0.6 is 11.6 Å². The third kappa shape index (κ3) is 4.74. The van der Waals surface area contributed by atoms with E-state index in [-0.39, 0.29) is 18.0 Å². The highest BCUT2D eigenvalue weighted by atomic mass is 35.5. The lowest BCUT2D eigenvalue weighted by atomic mass is 10.2. The van der Waals surface area contributed by atoms with Crippen molar-refractivity contribution < 1.29 is 13.5 Å². The van der Waals surface area contributed by atoms with Gasteiger partial charge in [0.15, 0.2) is 0 Å². The monoisotopic (exact) mass is 319 g/mol. The van der Waals surface area contributed by atoms with Crippen molar-refractivity contribution in [3.05, 3.63) is 29.8 Å². The van der Waals surface area contributed by atoms with Crippen LogP contribution in [0.4, 0.5) is 0 Å². The molecule has 0 aliphatic rings. The molecule has 0 fully saturated rings. The molecule has 0 radical (unpaired) electrons. The molecule has 0 spiro atoms. The van der Waals surface area contributed by atoms with E-state index < -0.39 is 10.0 Å². The van der Waals surface area contributed by atoms with E-state index in [1.54, 1.807) is 24.3 Å². The summed E-state index contributed by atoms with van der Waals surface area (Å²) in [4.78, 5) is 0.264. The normalized spacial score (nSPS) is 12.0. The molecule has 0 saturated carbocycles. The molecule has 0 aromatic heterocycles. The smallest absolute Gasteiger partial charge is 0.243 e. The topological polar surface area (TPSA) is 57.6 Å². The highest BCUT2D eigenvalue weighted by molar-refractivity contribution is 7.89.